The summed E-state index contributed by atoms with van der Waals surface area (Å²) in [6.07, 6.45) is -0.190. The normalized spacial score (nSPS) is 12.0. The van der Waals surface area contributed by atoms with Crippen LogP contribution >= 0.6 is 0 Å². The van der Waals surface area contributed by atoms with Gasteiger partial charge in [0.05, 0.1) is 12.7 Å². The Bertz CT molecular complexity index is 572. The van der Waals surface area contributed by atoms with Crippen LogP contribution in [0, 0.1) is 0 Å². The van der Waals surface area contributed by atoms with Gasteiger partial charge in [-0.05, 0) is 30.5 Å². The highest BCUT2D eigenvalue weighted by Gasteiger charge is 2.29. The number of hydrogen-bond donors (Lipinski definition) is 2. The zero-order valence-electron chi connectivity index (χ0n) is 15.2. The maximum atomic E-state index is 12.5. The number of ether oxygens (including phenoxy) is 1. The van der Waals surface area contributed by atoms with Gasteiger partial charge in [-0.3, -0.25) is 9.79 Å². The second kappa shape index (κ2) is 11.4. The molecule has 1 aromatic rings. The standard InChI is InChI=1S/C18H26F3N3O2/c1-22-17(23-12-6-4-3-5-7-16(25)26-2)24-13-14-8-10-15(11-9-14)18(19,20)21/h8-11H,3-7,12-13H2,1-2H3,(H2,22,23,24). The van der Waals surface area contributed by atoms with Crippen LogP contribution in [-0.4, -0.2) is 32.6 Å². The predicted molar refractivity (Wildman–Crippen MR) is 94.7 cm³/mol. The minimum absolute atomic E-state index is 0.184. The number of aliphatic imine (C=N–C) groups is 1. The SMILES string of the molecule is CN=C(NCCCCCCC(=O)OC)NCc1ccc(C(F)(F)F)cc1. The number of carbonyl (C=O) groups is 1. The molecular formula is C18H26F3N3O2. The minimum atomic E-state index is -4.32. The molecule has 0 saturated carbocycles. The molecule has 0 radical (unpaired) electrons. The summed E-state index contributed by atoms with van der Waals surface area (Å²) in [5, 5.41) is 6.22. The average Bonchev–Trinajstić information content (AvgIpc) is 2.62. The number of alkyl halides is 3. The first kappa shape index (κ1) is 21.8. The van der Waals surface area contributed by atoms with Crippen molar-refractivity contribution in [3.05, 3.63) is 35.4 Å². The molecule has 0 bridgehead atoms. The molecule has 1 rings (SSSR count). The van der Waals surface area contributed by atoms with E-state index in [1.54, 1.807) is 7.05 Å². The fraction of sp³-hybridized carbons (Fsp3) is 0.556. The number of carbonyl (C=O) groups excluding carboxylic acids is 1. The van der Waals surface area contributed by atoms with Crippen LogP contribution in [0.5, 0.6) is 0 Å². The highest BCUT2D eigenvalue weighted by atomic mass is 19.4. The van der Waals surface area contributed by atoms with Crippen molar-refractivity contribution in [1.29, 1.82) is 0 Å². The predicted octanol–water partition coefficient (Wildman–Crippen LogP) is 3.49. The van der Waals surface area contributed by atoms with Gasteiger partial charge in [-0.1, -0.05) is 25.0 Å². The molecule has 0 unspecified atom stereocenters. The maximum absolute atomic E-state index is 12.5. The van der Waals surface area contributed by atoms with Crippen LogP contribution in [0.3, 0.4) is 0 Å². The summed E-state index contributed by atoms with van der Waals surface area (Å²) in [6.45, 7) is 1.11. The van der Waals surface area contributed by atoms with E-state index in [9.17, 15) is 18.0 Å². The largest absolute Gasteiger partial charge is 0.469 e. The van der Waals surface area contributed by atoms with Crippen LogP contribution in [-0.2, 0) is 22.3 Å². The number of methoxy groups -OCH3 is 1. The van der Waals surface area contributed by atoms with Crippen LogP contribution in [0.15, 0.2) is 29.3 Å². The molecule has 0 amide bonds. The Morgan fingerprint density at radius 3 is 2.31 bits per heavy atom. The summed E-state index contributed by atoms with van der Waals surface area (Å²) in [6, 6.07) is 5.04. The van der Waals surface area contributed by atoms with E-state index in [2.05, 4.69) is 20.4 Å². The first-order valence-corrected chi connectivity index (χ1v) is 8.54. The van der Waals surface area contributed by atoms with Crippen molar-refractivity contribution < 1.29 is 22.7 Å². The van der Waals surface area contributed by atoms with E-state index in [0.717, 1.165) is 49.9 Å². The number of nitrogens with one attached hydrogen (secondary N) is 2. The molecule has 0 fully saturated rings. The number of nitrogens with zero attached hydrogens (tertiary/aromatic N) is 1. The van der Waals surface area contributed by atoms with Crippen LogP contribution in [0.1, 0.15) is 43.2 Å². The van der Waals surface area contributed by atoms with E-state index in [-0.39, 0.29) is 5.97 Å². The van der Waals surface area contributed by atoms with E-state index < -0.39 is 11.7 Å². The molecule has 26 heavy (non-hydrogen) atoms. The van der Waals surface area contributed by atoms with Crippen molar-refractivity contribution >= 4 is 11.9 Å². The Morgan fingerprint density at radius 2 is 1.73 bits per heavy atom. The van der Waals surface area contributed by atoms with Gasteiger partial charge in [0.1, 0.15) is 0 Å². The number of hydrogen-bond acceptors (Lipinski definition) is 3. The Balaban J connectivity index is 2.22. The van der Waals surface area contributed by atoms with Gasteiger partial charge in [0.2, 0.25) is 0 Å². The van der Waals surface area contributed by atoms with Crippen molar-refractivity contribution in [2.75, 3.05) is 20.7 Å². The lowest BCUT2D eigenvalue weighted by molar-refractivity contribution is -0.140. The lowest BCUT2D eigenvalue weighted by Crippen LogP contribution is -2.37. The van der Waals surface area contributed by atoms with Crippen LogP contribution < -0.4 is 10.6 Å². The average molecular weight is 373 g/mol. The molecule has 0 aromatic heterocycles. The van der Waals surface area contributed by atoms with Crippen LogP contribution in [0.25, 0.3) is 0 Å². The number of halogens is 3. The van der Waals surface area contributed by atoms with Crippen molar-refractivity contribution in [1.82, 2.24) is 10.6 Å². The second-order valence-electron chi connectivity index (χ2n) is 5.79. The molecule has 0 aliphatic carbocycles. The second-order valence-corrected chi connectivity index (χ2v) is 5.79. The molecule has 2 N–H and O–H groups in total. The minimum Gasteiger partial charge on any atom is -0.469 e. The van der Waals surface area contributed by atoms with Gasteiger partial charge in [-0.2, -0.15) is 13.2 Å². The van der Waals surface area contributed by atoms with Gasteiger partial charge in [0.15, 0.2) is 5.96 Å². The summed E-state index contributed by atoms with van der Waals surface area (Å²) < 4.78 is 42.2. The van der Waals surface area contributed by atoms with Gasteiger partial charge in [0.25, 0.3) is 0 Å². The Morgan fingerprint density at radius 1 is 1.08 bits per heavy atom. The van der Waals surface area contributed by atoms with E-state index >= 15 is 0 Å². The molecule has 0 saturated heterocycles. The molecule has 0 spiro atoms. The monoisotopic (exact) mass is 373 g/mol. The zero-order valence-corrected chi connectivity index (χ0v) is 15.2. The third-order valence-corrected chi connectivity index (χ3v) is 3.79. The van der Waals surface area contributed by atoms with Crippen LogP contribution in [0.4, 0.5) is 13.2 Å². The van der Waals surface area contributed by atoms with Gasteiger partial charge in [-0.15, -0.1) is 0 Å². The van der Waals surface area contributed by atoms with Gasteiger partial charge < -0.3 is 15.4 Å². The lowest BCUT2D eigenvalue weighted by atomic mass is 10.1. The zero-order chi connectivity index (χ0) is 19.4. The molecule has 146 valence electrons. The number of unbranched alkanes of at least 4 members (excludes halogenated alkanes) is 3. The van der Waals surface area contributed by atoms with E-state index in [1.165, 1.54) is 19.2 Å². The topological polar surface area (TPSA) is 62.7 Å². The highest BCUT2D eigenvalue weighted by molar-refractivity contribution is 5.79. The van der Waals surface area contributed by atoms with Crippen molar-refractivity contribution in [3.63, 3.8) is 0 Å². The maximum Gasteiger partial charge on any atom is 0.416 e. The van der Waals surface area contributed by atoms with Gasteiger partial charge in [-0.25, -0.2) is 0 Å². The van der Waals surface area contributed by atoms with Crippen LogP contribution in [0.2, 0.25) is 0 Å². The summed E-state index contributed by atoms with van der Waals surface area (Å²) in [7, 11) is 3.02. The molecule has 0 aliphatic heterocycles. The summed E-state index contributed by atoms with van der Waals surface area (Å²) in [5.74, 6) is 0.412. The summed E-state index contributed by atoms with van der Waals surface area (Å²) in [5.41, 5.74) is 0.0831. The number of benzene rings is 1. The Hall–Kier alpha value is -2.25. The molecule has 5 nitrogen and oxygen atoms in total. The number of esters is 1. The molecule has 0 heterocycles. The molecule has 1 aromatic carbocycles. The number of guanidine groups is 1. The molecule has 0 aliphatic rings. The first-order valence-electron chi connectivity index (χ1n) is 8.54. The molecule has 0 atom stereocenters. The molecule has 8 heteroatoms. The van der Waals surface area contributed by atoms with Crippen molar-refractivity contribution in [2.24, 2.45) is 4.99 Å². The third-order valence-electron chi connectivity index (χ3n) is 3.79. The van der Waals surface area contributed by atoms with Crippen molar-refractivity contribution in [3.8, 4) is 0 Å². The van der Waals surface area contributed by atoms with E-state index in [0.29, 0.717) is 18.9 Å². The molecular weight excluding hydrogens is 347 g/mol. The first-order chi connectivity index (χ1) is 12.4. The fourth-order valence-corrected chi connectivity index (χ4v) is 2.27. The quantitative estimate of drug-likeness (QED) is 0.301. The summed E-state index contributed by atoms with van der Waals surface area (Å²) >= 11 is 0. The smallest absolute Gasteiger partial charge is 0.416 e. The Kier molecular flexibility index (Phi) is 9.54. The van der Waals surface area contributed by atoms with Gasteiger partial charge >= 0.3 is 12.1 Å². The third kappa shape index (κ3) is 8.73. The fourth-order valence-electron chi connectivity index (χ4n) is 2.27. The van der Waals surface area contributed by atoms with E-state index in [4.69, 9.17) is 0 Å². The summed E-state index contributed by atoms with van der Waals surface area (Å²) in [4.78, 5) is 15.1. The van der Waals surface area contributed by atoms with Gasteiger partial charge in [0, 0.05) is 26.6 Å². The van der Waals surface area contributed by atoms with E-state index in [1.807, 2.05) is 0 Å². The Labute approximate surface area is 152 Å². The number of rotatable bonds is 9. The highest BCUT2D eigenvalue weighted by Crippen LogP contribution is 2.28. The lowest BCUT2D eigenvalue weighted by Gasteiger charge is -2.12. The van der Waals surface area contributed by atoms with Crippen molar-refractivity contribution in [2.45, 2.75) is 44.8 Å².